The standard InChI is InChI=1S/C12H16N2O/c1-9-7-13-12(14-8-9)11(15)10-5-3-2-4-6-10/h7-8,10H,2-6H2,1H3. The van der Waals surface area contributed by atoms with Crippen LogP contribution in [0, 0.1) is 12.8 Å². The SMILES string of the molecule is Cc1cnc(C(=O)C2CCCCC2)nc1. The number of hydrogen-bond acceptors (Lipinski definition) is 3. The van der Waals surface area contributed by atoms with Crippen molar-refractivity contribution in [1.29, 1.82) is 0 Å². The molecule has 3 nitrogen and oxygen atoms in total. The highest BCUT2D eigenvalue weighted by Gasteiger charge is 2.23. The van der Waals surface area contributed by atoms with Gasteiger partial charge in [-0.2, -0.15) is 0 Å². The highest BCUT2D eigenvalue weighted by Crippen LogP contribution is 2.25. The maximum Gasteiger partial charge on any atom is 0.203 e. The van der Waals surface area contributed by atoms with E-state index in [1.807, 2.05) is 6.92 Å². The van der Waals surface area contributed by atoms with Crippen LogP contribution in [-0.4, -0.2) is 15.8 Å². The van der Waals surface area contributed by atoms with Crippen LogP contribution in [0.3, 0.4) is 0 Å². The van der Waals surface area contributed by atoms with Crippen molar-refractivity contribution in [1.82, 2.24) is 9.97 Å². The van der Waals surface area contributed by atoms with Crippen molar-refractivity contribution < 1.29 is 4.79 Å². The fraction of sp³-hybridized carbons (Fsp3) is 0.583. The molecule has 1 saturated carbocycles. The highest BCUT2D eigenvalue weighted by molar-refractivity contribution is 5.94. The smallest absolute Gasteiger partial charge is 0.203 e. The van der Waals surface area contributed by atoms with Gasteiger partial charge >= 0.3 is 0 Å². The molecule has 0 amide bonds. The van der Waals surface area contributed by atoms with Crippen molar-refractivity contribution in [3.63, 3.8) is 0 Å². The molecular formula is C12H16N2O. The third-order valence-corrected chi connectivity index (χ3v) is 2.98. The summed E-state index contributed by atoms with van der Waals surface area (Å²) >= 11 is 0. The van der Waals surface area contributed by atoms with Crippen molar-refractivity contribution in [2.45, 2.75) is 39.0 Å². The van der Waals surface area contributed by atoms with E-state index in [1.165, 1.54) is 19.3 Å². The fourth-order valence-electron chi connectivity index (χ4n) is 2.07. The number of ketones is 1. The molecule has 1 aliphatic carbocycles. The van der Waals surface area contributed by atoms with E-state index in [-0.39, 0.29) is 11.7 Å². The quantitative estimate of drug-likeness (QED) is 0.695. The van der Waals surface area contributed by atoms with Crippen LogP contribution >= 0.6 is 0 Å². The van der Waals surface area contributed by atoms with Crippen molar-refractivity contribution in [3.8, 4) is 0 Å². The van der Waals surface area contributed by atoms with Crippen LogP contribution in [-0.2, 0) is 0 Å². The first-order valence-corrected chi connectivity index (χ1v) is 5.60. The van der Waals surface area contributed by atoms with Gasteiger partial charge in [-0.05, 0) is 25.3 Å². The largest absolute Gasteiger partial charge is 0.290 e. The van der Waals surface area contributed by atoms with Crippen molar-refractivity contribution >= 4 is 5.78 Å². The number of carbonyl (C=O) groups is 1. The Bertz CT molecular complexity index is 339. The minimum absolute atomic E-state index is 0.134. The molecule has 0 unspecified atom stereocenters. The van der Waals surface area contributed by atoms with Gasteiger partial charge in [-0.3, -0.25) is 4.79 Å². The summed E-state index contributed by atoms with van der Waals surface area (Å²) in [6.45, 7) is 1.93. The lowest BCUT2D eigenvalue weighted by Gasteiger charge is -2.19. The van der Waals surface area contributed by atoms with Gasteiger partial charge in [0, 0.05) is 18.3 Å². The summed E-state index contributed by atoms with van der Waals surface area (Å²) in [5, 5.41) is 0. The molecule has 0 saturated heterocycles. The first-order valence-electron chi connectivity index (χ1n) is 5.60. The maximum atomic E-state index is 12.0. The lowest BCUT2D eigenvalue weighted by molar-refractivity contribution is 0.0878. The van der Waals surface area contributed by atoms with Crippen molar-refractivity contribution in [2.75, 3.05) is 0 Å². The second-order valence-corrected chi connectivity index (χ2v) is 4.28. The Labute approximate surface area is 89.9 Å². The molecule has 1 aromatic heterocycles. The number of hydrogen-bond donors (Lipinski definition) is 0. The molecule has 1 aliphatic rings. The molecule has 2 rings (SSSR count). The first-order chi connectivity index (χ1) is 7.27. The Morgan fingerprint density at radius 1 is 1.20 bits per heavy atom. The summed E-state index contributed by atoms with van der Waals surface area (Å²) in [6.07, 6.45) is 9.04. The average Bonchev–Trinajstić information content (AvgIpc) is 2.30. The maximum absolute atomic E-state index is 12.0. The molecule has 0 radical (unpaired) electrons. The van der Waals surface area contributed by atoms with Crippen LogP contribution in [0.25, 0.3) is 0 Å². The topological polar surface area (TPSA) is 42.9 Å². The zero-order chi connectivity index (χ0) is 10.7. The van der Waals surface area contributed by atoms with Gasteiger partial charge < -0.3 is 0 Å². The lowest BCUT2D eigenvalue weighted by atomic mass is 9.86. The second-order valence-electron chi connectivity index (χ2n) is 4.28. The van der Waals surface area contributed by atoms with Crippen LogP contribution in [0.5, 0.6) is 0 Å². The summed E-state index contributed by atoms with van der Waals surface area (Å²) in [4.78, 5) is 20.2. The number of carbonyl (C=O) groups excluding carboxylic acids is 1. The molecular weight excluding hydrogens is 188 g/mol. The third-order valence-electron chi connectivity index (χ3n) is 2.98. The van der Waals surface area contributed by atoms with Gasteiger partial charge in [0.1, 0.15) is 0 Å². The normalized spacial score (nSPS) is 17.7. The Morgan fingerprint density at radius 2 is 1.80 bits per heavy atom. The summed E-state index contributed by atoms with van der Waals surface area (Å²) in [7, 11) is 0. The molecule has 1 heterocycles. The summed E-state index contributed by atoms with van der Waals surface area (Å²) in [5.41, 5.74) is 0.996. The van der Waals surface area contributed by atoms with Crippen LogP contribution < -0.4 is 0 Å². The highest BCUT2D eigenvalue weighted by atomic mass is 16.1. The van der Waals surface area contributed by atoms with E-state index in [2.05, 4.69) is 9.97 Å². The minimum Gasteiger partial charge on any atom is -0.290 e. The second kappa shape index (κ2) is 4.51. The van der Waals surface area contributed by atoms with Gasteiger partial charge in [0.25, 0.3) is 0 Å². The molecule has 0 atom stereocenters. The van der Waals surface area contributed by atoms with Crippen LogP contribution in [0.4, 0.5) is 0 Å². The zero-order valence-corrected chi connectivity index (χ0v) is 9.07. The Balaban J connectivity index is 2.09. The number of aryl methyl sites for hydroxylation is 1. The molecule has 0 bridgehead atoms. The van der Waals surface area contributed by atoms with Crippen LogP contribution in [0.2, 0.25) is 0 Å². The van der Waals surface area contributed by atoms with Gasteiger partial charge in [-0.1, -0.05) is 19.3 Å². The number of Topliss-reactive ketones (excluding diaryl/α,β-unsaturated/α-hetero) is 1. The summed E-state index contributed by atoms with van der Waals surface area (Å²) in [5.74, 6) is 0.698. The third kappa shape index (κ3) is 2.41. The summed E-state index contributed by atoms with van der Waals surface area (Å²) in [6, 6.07) is 0. The predicted octanol–water partition coefficient (Wildman–Crippen LogP) is 2.55. The molecule has 1 aromatic rings. The first kappa shape index (κ1) is 10.3. The van der Waals surface area contributed by atoms with Gasteiger partial charge in [0.15, 0.2) is 5.82 Å². The van der Waals surface area contributed by atoms with Crippen molar-refractivity contribution in [3.05, 3.63) is 23.8 Å². The predicted molar refractivity (Wildman–Crippen MR) is 57.7 cm³/mol. The number of nitrogens with zero attached hydrogens (tertiary/aromatic N) is 2. The van der Waals surface area contributed by atoms with Crippen LogP contribution in [0.1, 0.15) is 48.3 Å². The van der Waals surface area contributed by atoms with Crippen LogP contribution in [0.15, 0.2) is 12.4 Å². The average molecular weight is 204 g/mol. The van der Waals surface area contributed by atoms with Gasteiger partial charge in [-0.25, -0.2) is 9.97 Å². The summed E-state index contributed by atoms with van der Waals surface area (Å²) < 4.78 is 0. The number of rotatable bonds is 2. The molecule has 3 heteroatoms. The van der Waals surface area contributed by atoms with Gasteiger partial charge in [0.2, 0.25) is 5.78 Å². The van der Waals surface area contributed by atoms with Gasteiger partial charge in [0.05, 0.1) is 0 Å². The molecule has 15 heavy (non-hydrogen) atoms. The Hall–Kier alpha value is -1.25. The monoisotopic (exact) mass is 204 g/mol. The van der Waals surface area contributed by atoms with E-state index in [9.17, 15) is 4.79 Å². The molecule has 0 aliphatic heterocycles. The number of aromatic nitrogens is 2. The molecule has 0 aromatic carbocycles. The van der Waals surface area contributed by atoms with E-state index in [1.54, 1.807) is 12.4 Å². The van der Waals surface area contributed by atoms with Gasteiger partial charge in [-0.15, -0.1) is 0 Å². The van der Waals surface area contributed by atoms with Crippen molar-refractivity contribution in [2.24, 2.45) is 5.92 Å². The Morgan fingerprint density at radius 3 is 2.40 bits per heavy atom. The Kier molecular flexibility index (Phi) is 3.09. The van der Waals surface area contributed by atoms with E-state index in [0.717, 1.165) is 18.4 Å². The van der Waals surface area contributed by atoms with E-state index in [0.29, 0.717) is 5.82 Å². The molecule has 1 fully saturated rings. The van der Waals surface area contributed by atoms with E-state index >= 15 is 0 Å². The molecule has 0 spiro atoms. The van der Waals surface area contributed by atoms with E-state index < -0.39 is 0 Å². The fourth-order valence-corrected chi connectivity index (χ4v) is 2.07. The minimum atomic E-state index is 0.134. The molecule has 80 valence electrons. The lowest BCUT2D eigenvalue weighted by Crippen LogP contribution is -2.20. The van der Waals surface area contributed by atoms with E-state index in [4.69, 9.17) is 0 Å². The molecule has 0 N–H and O–H groups in total. The zero-order valence-electron chi connectivity index (χ0n) is 9.07.